The third kappa shape index (κ3) is 2.20. The molecule has 2 unspecified atom stereocenters. The van der Waals surface area contributed by atoms with Crippen molar-refractivity contribution in [3.63, 3.8) is 0 Å². The van der Waals surface area contributed by atoms with Crippen LogP contribution >= 0.6 is 0 Å². The summed E-state index contributed by atoms with van der Waals surface area (Å²) in [5.41, 5.74) is 4.01. The van der Waals surface area contributed by atoms with Crippen LogP contribution in [-0.4, -0.2) is 17.6 Å². The molecule has 0 radical (unpaired) electrons. The summed E-state index contributed by atoms with van der Waals surface area (Å²) in [6.45, 7) is 5.96. The van der Waals surface area contributed by atoms with Gasteiger partial charge in [0.2, 0.25) is 5.91 Å². The number of fused-ring (bicyclic) bond motifs is 3. The van der Waals surface area contributed by atoms with E-state index in [9.17, 15) is 14.4 Å². The molecule has 2 aromatic rings. The molecule has 2 atom stereocenters. The second-order valence-corrected chi connectivity index (χ2v) is 8.57. The first-order valence-electron chi connectivity index (χ1n) is 9.35. The van der Waals surface area contributed by atoms with Gasteiger partial charge in [-0.3, -0.25) is 25.2 Å². The summed E-state index contributed by atoms with van der Waals surface area (Å²) < 4.78 is 0. The summed E-state index contributed by atoms with van der Waals surface area (Å²) in [4.78, 5) is 38.2. The molecule has 0 aliphatic heterocycles. The number of hydrogen-bond acceptors (Lipinski definition) is 3. The van der Waals surface area contributed by atoms with Gasteiger partial charge in [-0.05, 0) is 35.1 Å². The highest BCUT2D eigenvalue weighted by Gasteiger charge is 2.72. The quantitative estimate of drug-likeness (QED) is 0.802. The zero-order valence-corrected chi connectivity index (χ0v) is 15.9. The van der Waals surface area contributed by atoms with E-state index in [0.717, 1.165) is 10.8 Å². The summed E-state index contributed by atoms with van der Waals surface area (Å²) in [5.74, 6) is -0.482. The lowest BCUT2D eigenvalue weighted by Crippen LogP contribution is -2.52. The van der Waals surface area contributed by atoms with Crippen LogP contribution in [0.1, 0.15) is 50.4 Å². The number of ketones is 1. The van der Waals surface area contributed by atoms with Crippen LogP contribution in [0.25, 0.3) is 10.8 Å². The predicted octanol–water partition coefficient (Wildman–Crippen LogP) is 3.39. The number of hydrazine groups is 1. The minimum absolute atomic E-state index is 0.147. The van der Waals surface area contributed by atoms with Crippen molar-refractivity contribution in [3.05, 3.63) is 48.0 Å². The van der Waals surface area contributed by atoms with E-state index in [1.54, 1.807) is 6.07 Å². The van der Waals surface area contributed by atoms with E-state index in [1.807, 2.05) is 57.2 Å². The van der Waals surface area contributed by atoms with E-state index in [0.29, 0.717) is 18.4 Å². The zero-order chi connectivity index (χ0) is 19.4. The van der Waals surface area contributed by atoms with Crippen LogP contribution in [0.2, 0.25) is 0 Å². The van der Waals surface area contributed by atoms with E-state index in [2.05, 4.69) is 10.9 Å². The van der Waals surface area contributed by atoms with Gasteiger partial charge in [0.15, 0.2) is 0 Å². The summed E-state index contributed by atoms with van der Waals surface area (Å²) in [7, 11) is 0. The average Bonchev–Trinajstić information content (AvgIpc) is 2.95. The Balaban J connectivity index is 1.55. The lowest BCUT2D eigenvalue weighted by atomic mass is 9.64. The fourth-order valence-electron chi connectivity index (χ4n) is 5.08. The highest BCUT2D eigenvalue weighted by atomic mass is 16.2. The minimum atomic E-state index is -0.759. The van der Waals surface area contributed by atoms with Crippen LogP contribution in [0, 0.1) is 16.2 Å². The van der Waals surface area contributed by atoms with Crippen molar-refractivity contribution in [2.45, 2.75) is 40.0 Å². The van der Waals surface area contributed by atoms with Gasteiger partial charge in [0.05, 0.1) is 5.41 Å². The van der Waals surface area contributed by atoms with Crippen LogP contribution in [0.5, 0.6) is 0 Å². The van der Waals surface area contributed by atoms with Crippen molar-refractivity contribution >= 4 is 28.4 Å². The molecule has 2 saturated carbocycles. The molecule has 2 aliphatic carbocycles. The van der Waals surface area contributed by atoms with Crippen molar-refractivity contribution in [1.82, 2.24) is 10.9 Å². The fraction of sp³-hybridized carbons (Fsp3) is 0.409. The number of Topliss-reactive ketones (excluding diaryl/α,β-unsaturated/α-hetero) is 1. The molecular formula is C22H24N2O3. The minimum Gasteiger partial charge on any atom is -0.299 e. The summed E-state index contributed by atoms with van der Waals surface area (Å²) >= 11 is 0. The molecule has 27 heavy (non-hydrogen) atoms. The Kier molecular flexibility index (Phi) is 3.71. The van der Waals surface area contributed by atoms with Gasteiger partial charge in [0, 0.05) is 17.4 Å². The number of amides is 2. The van der Waals surface area contributed by atoms with Crippen LogP contribution in [0.4, 0.5) is 0 Å². The third-order valence-corrected chi connectivity index (χ3v) is 7.46. The molecule has 5 heteroatoms. The van der Waals surface area contributed by atoms with E-state index in [-0.39, 0.29) is 24.0 Å². The Morgan fingerprint density at radius 1 is 0.926 bits per heavy atom. The van der Waals surface area contributed by atoms with Crippen molar-refractivity contribution in [3.8, 4) is 0 Å². The summed E-state index contributed by atoms with van der Waals surface area (Å²) in [6, 6.07) is 13.1. The van der Waals surface area contributed by atoms with Crippen LogP contribution in [0.3, 0.4) is 0 Å². The second kappa shape index (κ2) is 5.65. The third-order valence-electron chi connectivity index (χ3n) is 7.46. The van der Waals surface area contributed by atoms with Gasteiger partial charge in [-0.15, -0.1) is 0 Å². The Morgan fingerprint density at radius 2 is 1.63 bits per heavy atom. The van der Waals surface area contributed by atoms with Gasteiger partial charge in [0.1, 0.15) is 5.78 Å². The van der Waals surface area contributed by atoms with Gasteiger partial charge in [-0.25, -0.2) is 0 Å². The highest BCUT2D eigenvalue weighted by Crippen LogP contribution is 2.70. The molecule has 2 aliphatic rings. The molecule has 0 heterocycles. The number of nitrogens with one attached hydrogen (secondary N) is 2. The molecule has 5 nitrogen and oxygen atoms in total. The molecule has 2 bridgehead atoms. The topological polar surface area (TPSA) is 75.3 Å². The van der Waals surface area contributed by atoms with E-state index < -0.39 is 16.2 Å². The fourth-order valence-corrected chi connectivity index (χ4v) is 5.08. The average molecular weight is 364 g/mol. The van der Waals surface area contributed by atoms with Crippen LogP contribution in [-0.2, 0) is 9.59 Å². The smallest absolute Gasteiger partial charge is 0.270 e. The first kappa shape index (κ1) is 17.7. The maximum atomic E-state index is 13.0. The maximum absolute atomic E-state index is 13.0. The number of benzene rings is 2. The molecular weight excluding hydrogens is 340 g/mol. The Hall–Kier alpha value is -2.69. The van der Waals surface area contributed by atoms with Crippen molar-refractivity contribution in [2.24, 2.45) is 16.2 Å². The van der Waals surface area contributed by atoms with Gasteiger partial charge >= 0.3 is 0 Å². The lowest BCUT2D eigenvalue weighted by Gasteiger charge is -2.38. The monoisotopic (exact) mass is 364 g/mol. The first-order valence-corrected chi connectivity index (χ1v) is 9.35. The van der Waals surface area contributed by atoms with Crippen LogP contribution < -0.4 is 10.9 Å². The van der Waals surface area contributed by atoms with Crippen LogP contribution in [0.15, 0.2) is 42.5 Å². The maximum Gasteiger partial charge on any atom is 0.270 e. The van der Waals surface area contributed by atoms with Gasteiger partial charge in [-0.2, -0.15) is 0 Å². The number of rotatable bonds is 2. The van der Waals surface area contributed by atoms with E-state index in [1.165, 1.54) is 0 Å². The molecule has 4 rings (SSSR count). The van der Waals surface area contributed by atoms with E-state index in [4.69, 9.17) is 0 Å². The predicted molar refractivity (Wildman–Crippen MR) is 103 cm³/mol. The Bertz CT molecular complexity index is 975. The van der Waals surface area contributed by atoms with Crippen molar-refractivity contribution < 1.29 is 14.4 Å². The summed E-state index contributed by atoms with van der Waals surface area (Å²) in [5, 5.41) is 1.79. The second-order valence-electron chi connectivity index (χ2n) is 8.57. The van der Waals surface area contributed by atoms with Gasteiger partial charge in [0.25, 0.3) is 5.91 Å². The van der Waals surface area contributed by atoms with Gasteiger partial charge in [-0.1, -0.05) is 57.2 Å². The van der Waals surface area contributed by atoms with Gasteiger partial charge < -0.3 is 0 Å². The Morgan fingerprint density at radius 3 is 2.30 bits per heavy atom. The van der Waals surface area contributed by atoms with Crippen molar-refractivity contribution in [2.75, 3.05) is 0 Å². The van der Waals surface area contributed by atoms with Crippen molar-refractivity contribution in [1.29, 1.82) is 0 Å². The number of carbonyl (C=O) groups is 3. The highest BCUT2D eigenvalue weighted by molar-refractivity contribution is 6.08. The molecule has 2 fully saturated rings. The largest absolute Gasteiger partial charge is 0.299 e. The summed E-state index contributed by atoms with van der Waals surface area (Å²) in [6.07, 6.45) is 1.62. The molecule has 2 aromatic carbocycles. The molecule has 0 saturated heterocycles. The normalized spacial score (nSPS) is 28.3. The Labute approximate surface area is 158 Å². The molecule has 140 valence electrons. The lowest BCUT2D eigenvalue weighted by molar-refractivity contribution is -0.137. The number of carbonyl (C=O) groups excluding carboxylic acids is 3. The molecule has 2 N–H and O–H groups in total. The molecule has 0 aromatic heterocycles. The first-order chi connectivity index (χ1) is 12.7. The standard InChI is InChI=1S/C22H24N2O3/c1-20(2)21(3)11-12-22(20,13-17(21)25)19(27)24-23-18(26)16-10-6-8-14-7-4-5-9-15(14)16/h4-10H,11-13H2,1-3H3,(H,23,26)(H,24,27). The van der Waals surface area contributed by atoms with E-state index >= 15 is 0 Å². The molecule has 0 spiro atoms. The zero-order valence-electron chi connectivity index (χ0n) is 15.9. The molecule has 2 amide bonds. The SMILES string of the molecule is CC12CCC(C(=O)NNC(=O)c3cccc4ccccc34)(CC1=O)C2(C)C. The number of hydrogen-bond donors (Lipinski definition) is 2.